The minimum absolute atomic E-state index is 0.285. The molecule has 1 saturated heterocycles. The maximum Gasteiger partial charge on any atom is 0.162 e. The molecule has 1 aliphatic rings. The van der Waals surface area contributed by atoms with Gasteiger partial charge in [-0.1, -0.05) is 0 Å². The fraction of sp³-hybridized carbons (Fsp3) is 0.571. The molecule has 19 heavy (non-hydrogen) atoms. The van der Waals surface area contributed by atoms with Crippen molar-refractivity contribution >= 4 is 11.4 Å². The van der Waals surface area contributed by atoms with Crippen LogP contribution >= 0.6 is 0 Å². The minimum atomic E-state index is 0.285. The minimum Gasteiger partial charge on any atom is -0.493 e. The van der Waals surface area contributed by atoms with E-state index in [0.717, 1.165) is 25.1 Å². The average Bonchev–Trinajstić information content (AvgIpc) is 2.40. The van der Waals surface area contributed by atoms with Crippen molar-refractivity contribution in [1.29, 1.82) is 0 Å². The normalized spacial score (nSPS) is 22.9. The lowest BCUT2D eigenvalue weighted by molar-refractivity contribution is 0.0232. The molecule has 3 N–H and O–H groups in total. The molecule has 1 aliphatic heterocycles. The van der Waals surface area contributed by atoms with Crippen molar-refractivity contribution < 1.29 is 14.2 Å². The molecule has 1 heterocycles. The van der Waals surface area contributed by atoms with E-state index in [1.165, 1.54) is 0 Å². The largest absolute Gasteiger partial charge is 0.493 e. The lowest BCUT2D eigenvalue weighted by atomic mass is 10.0. The van der Waals surface area contributed by atoms with Crippen LogP contribution in [0.2, 0.25) is 0 Å². The van der Waals surface area contributed by atoms with Crippen LogP contribution in [0.25, 0.3) is 0 Å². The van der Waals surface area contributed by atoms with E-state index in [2.05, 4.69) is 12.2 Å². The molecule has 0 amide bonds. The molecule has 1 fully saturated rings. The van der Waals surface area contributed by atoms with Gasteiger partial charge in [0, 0.05) is 24.8 Å². The highest BCUT2D eigenvalue weighted by atomic mass is 16.5. The van der Waals surface area contributed by atoms with Crippen LogP contribution in [0.15, 0.2) is 12.1 Å². The van der Waals surface area contributed by atoms with Gasteiger partial charge in [0.15, 0.2) is 11.5 Å². The van der Waals surface area contributed by atoms with Gasteiger partial charge in [0.25, 0.3) is 0 Å². The highest BCUT2D eigenvalue weighted by Crippen LogP contribution is 2.35. The van der Waals surface area contributed by atoms with Crippen molar-refractivity contribution in [1.82, 2.24) is 0 Å². The zero-order valence-electron chi connectivity index (χ0n) is 11.7. The van der Waals surface area contributed by atoms with E-state index in [1.807, 2.05) is 6.07 Å². The number of rotatable bonds is 4. The Hall–Kier alpha value is -1.62. The smallest absolute Gasteiger partial charge is 0.162 e. The summed E-state index contributed by atoms with van der Waals surface area (Å²) in [5.74, 6) is 1.32. The standard InChI is InChI=1S/C14H22N2O3/c1-9-6-10(4-5-19-9)16-12-8-14(18-3)13(17-2)7-11(12)15/h7-10,16H,4-6,15H2,1-3H3. The van der Waals surface area contributed by atoms with E-state index in [-0.39, 0.29) is 6.10 Å². The van der Waals surface area contributed by atoms with E-state index in [0.29, 0.717) is 23.2 Å². The van der Waals surface area contributed by atoms with Crippen LogP contribution < -0.4 is 20.5 Å². The van der Waals surface area contributed by atoms with Crippen LogP contribution in [0.4, 0.5) is 11.4 Å². The molecule has 0 spiro atoms. The third kappa shape index (κ3) is 3.23. The molecule has 0 aliphatic carbocycles. The van der Waals surface area contributed by atoms with Crippen molar-refractivity contribution in [3.8, 4) is 11.5 Å². The molecular formula is C14H22N2O3. The summed E-state index contributed by atoms with van der Waals surface area (Å²) >= 11 is 0. The zero-order valence-corrected chi connectivity index (χ0v) is 11.7. The fourth-order valence-corrected chi connectivity index (χ4v) is 2.37. The highest BCUT2D eigenvalue weighted by Gasteiger charge is 2.20. The van der Waals surface area contributed by atoms with Crippen LogP contribution in [0.1, 0.15) is 19.8 Å². The number of hydrogen-bond donors (Lipinski definition) is 2. The van der Waals surface area contributed by atoms with Crippen LogP contribution in [0.5, 0.6) is 11.5 Å². The number of anilines is 2. The van der Waals surface area contributed by atoms with Gasteiger partial charge in [0.1, 0.15) is 0 Å². The Kier molecular flexibility index (Phi) is 4.37. The van der Waals surface area contributed by atoms with Crippen molar-refractivity contribution in [2.24, 2.45) is 0 Å². The molecule has 2 rings (SSSR count). The number of benzene rings is 1. The van der Waals surface area contributed by atoms with Gasteiger partial charge in [0.2, 0.25) is 0 Å². The van der Waals surface area contributed by atoms with Crippen molar-refractivity contribution in [2.45, 2.75) is 31.9 Å². The molecule has 2 atom stereocenters. The summed E-state index contributed by atoms with van der Waals surface area (Å²) < 4.78 is 16.1. The quantitative estimate of drug-likeness (QED) is 0.818. The van der Waals surface area contributed by atoms with Crippen molar-refractivity contribution in [3.05, 3.63) is 12.1 Å². The first-order valence-corrected chi connectivity index (χ1v) is 6.53. The lowest BCUT2D eigenvalue weighted by Crippen LogP contribution is -2.32. The van der Waals surface area contributed by atoms with Crippen molar-refractivity contribution in [3.63, 3.8) is 0 Å². The molecule has 1 aromatic rings. The van der Waals surface area contributed by atoms with E-state index in [1.54, 1.807) is 20.3 Å². The Morgan fingerprint density at radius 3 is 2.58 bits per heavy atom. The molecule has 5 heteroatoms. The van der Waals surface area contributed by atoms with Gasteiger partial charge >= 0.3 is 0 Å². The number of methoxy groups -OCH3 is 2. The number of nitrogens with two attached hydrogens (primary N) is 1. The van der Waals surface area contributed by atoms with Crippen LogP contribution in [-0.4, -0.2) is 33.0 Å². The molecule has 0 radical (unpaired) electrons. The second-order valence-corrected chi connectivity index (χ2v) is 4.84. The molecule has 0 aromatic heterocycles. The second kappa shape index (κ2) is 6.02. The van der Waals surface area contributed by atoms with Gasteiger partial charge < -0.3 is 25.3 Å². The molecule has 1 aromatic carbocycles. The Bertz CT molecular complexity index is 437. The molecule has 5 nitrogen and oxygen atoms in total. The fourth-order valence-electron chi connectivity index (χ4n) is 2.37. The molecule has 2 unspecified atom stereocenters. The Labute approximate surface area is 114 Å². The predicted octanol–water partition coefficient (Wildman–Crippen LogP) is 2.27. The first kappa shape index (κ1) is 13.8. The molecule has 0 bridgehead atoms. The average molecular weight is 266 g/mol. The topological polar surface area (TPSA) is 65.7 Å². The summed E-state index contributed by atoms with van der Waals surface area (Å²) in [5, 5.41) is 3.47. The maximum atomic E-state index is 6.04. The van der Waals surface area contributed by atoms with Gasteiger partial charge in [-0.25, -0.2) is 0 Å². The number of nitrogen functional groups attached to an aromatic ring is 1. The number of ether oxygens (including phenoxy) is 3. The first-order chi connectivity index (χ1) is 9.13. The number of nitrogens with one attached hydrogen (secondary N) is 1. The van der Waals surface area contributed by atoms with E-state index in [4.69, 9.17) is 19.9 Å². The summed E-state index contributed by atoms with van der Waals surface area (Å²) in [6.45, 7) is 2.87. The van der Waals surface area contributed by atoms with Crippen molar-refractivity contribution in [2.75, 3.05) is 31.9 Å². The predicted molar refractivity (Wildman–Crippen MR) is 76.0 cm³/mol. The summed E-state index contributed by atoms with van der Waals surface area (Å²) in [4.78, 5) is 0. The molecule has 106 valence electrons. The van der Waals surface area contributed by atoms with E-state index < -0.39 is 0 Å². The second-order valence-electron chi connectivity index (χ2n) is 4.84. The van der Waals surface area contributed by atoms with Gasteiger partial charge in [-0.2, -0.15) is 0 Å². The summed E-state index contributed by atoms with van der Waals surface area (Å²) in [7, 11) is 3.22. The first-order valence-electron chi connectivity index (χ1n) is 6.53. The van der Waals surface area contributed by atoms with Crippen LogP contribution in [0.3, 0.4) is 0 Å². The third-order valence-electron chi connectivity index (χ3n) is 3.40. The summed E-state index contributed by atoms with van der Waals surface area (Å²) in [6.07, 6.45) is 2.25. The van der Waals surface area contributed by atoms with Gasteiger partial charge in [-0.15, -0.1) is 0 Å². The molecular weight excluding hydrogens is 244 g/mol. The van der Waals surface area contributed by atoms with Crippen LogP contribution in [0, 0.1) is 0 Å². The van der Waals surface area contributed by atoms with Gasteiger partial charge in [0.05, 0.1) is 31.7 Å². The zero-order chi connectivity index (χ0) is 13.8. The van der Waals surface area contributed by atoms with E-state index >= 15 is 0 Å². The van der Waals surface area contributed by atoms with Gasteiger partial charge in [-0.05, 0) is 19.8 Å². The molecule has 0 saturated carbocycles. The Morgan fingerprint density at radius 2 is 1.95 bits per heavy atom. The lowest BCUT2D eigenvalue weighted by Gasteiger charge is -2.29. The summed E-state index contributed by atoms with van der Waals surface area (Å²) in [6, 6.07) is 4.04. The summed E-state index contributed by atoms with van der Waals surface area (Å²) in [5.41, 5.74) is 7.59. The third-order valence-corrected chi connectivity index (χ3v) is 3.40. The van der Waals surface area contributed by atoms with Crippen LogP contribution in [-0.2, 0) is 4.74 Å². The van der Waals surface area contributed by atoms with Gasteiger partial charge in [-0.3, -0.25) is 0 Å². The Morgan fingerprint density at radius 1 is 1.26 bits per heavy atom. The van der Waals surface area contributed by atoms with E-state index in [9.17, 15) is 0 Å². The Balaban J connectivity index is 2.15. The highest BCUT2D eigenvalue weighted by molar-refractivity contribution is 5.72. The monoisotopic (exact) mass is 266 g/mol. The SMILES string of the molecule is COc1cc(N)c(NC2CCOC(C)C2)cc1OC. The maximum absolute atomic E-state index is 6.04. The number of hydrogen-bond acceptors (Lipinski definition) is 5.